The van der Waals surface area contributed by atoms with Gasteiger partial charge in [0.1, 0.15) is 40.6 Å². The van der Waals surface area contributed by atoms with Crippen LogP contribution in [0.5, 0.6) is 0 Å². The summed E-state index contributed by atoms with van der Waals surface area (Å²) in [5, 5.41) is 7.81. The molecule has 1 amide bonds. The summed E-state index contributed by atoms with van der Waals surface area (Å²) in [5.41, 5.74) is 1.41. The molecule has 3 aromatic rings. The Morgan fingerprint density at radius 3 is 2.49 bits per heavy atom. The van der Waals surface area contributed by atoms with Crippen LogP contribution in [0.15, 0.2) is 18.6 Å². The quantitative estimate of drug-likeness (QED) is 0.437. The summed E-state index contributed by atoms with van der Waals surface area (Å²) in [6.07, 6.45) is 0.799. The molecule has 220 valence electrons. The Kier molecular flexibility index (Phi) is 6.25. The van der Waals surface area contributed by atoms with Crippen molar-refractivity contribution in [1.29, 1.82) is 0 Å². The number of hydrogen-bond acceptors (Lipinski definition) is 10. The topological polar surface area (TPSA) is 130 Å². The second-order valence-electron chi connectivity index (χ2n) is 12.2. The molecule has 2 fully saturated rings. The summed E-state index contributed by atoms with van der Waals surface area (Å²) >= 11 is 0. The second-order valence-corrected chi connectivity index (χ2v) is 14.7. The Bertz CT molecular complexity index is 1650. The Balaban J connectivity index is 1.32. The third kappa shape index (κ3) is 4.22. The lowest BCUT2D eigenvalue weighted by molar-refractivity contribution is -0.137. The van der Waals surface area contributed by atoms with Gasteiger partial charge in [-0.15, -0.1) is 5.10 Å². The lowest BCUT2D eigenvalue weighted by Gasteiger charge is -2.49. The molecule has 15 heteroatoms. The molecule has 0 saturated carbocycles. The van der Waals surface area contributed by atoms with Crippen molar-refractivity contribution in [1.82, 2.24) is 34.8 Å². The molecule has 0 unspecified atom stereocenters. The van der Waals surface area contributed by atoms with E-state index < -0.39 is 33.0 Å². The molecular weight excluding hydrogens is 556 g/mol. The summed E-state index contributed by atoms with van der Waals surface area (Å²) in [6.45, 7) is 10.5. The standard InChI is InChI=1S/C26H33F2N9O3S/c1-15-11-35(24(38)26(5)6-7-41(26,39)40)16(2)10-34(15)22-21-23(31-14-30-22)36(13-25(21,3)4)20-8-18-17(9-29-20)32-33-37(18)12-19(27)28/h8-9,14-16,19H,6-7,10-13H2,1-5H3/t15-,16+,26+/m0/s1. The minimum atomic E-state index is -3.44. The van der Waals surface area contributed by atoms with E-state index in [0.717, 1.165) is 11.4 Å². The molecule has 6 heterocycles. The highest BCUT2D eigenvalue weighted by molar-refractivity contribution is 7.95. The van der Waals surface area contributed by atoms with Crippen molar-refractivity contribution in [3.8, 4) is 0 Å². The molecule has 0 radical (unpaired) electrons. The summed E-state index contributed by atoms with van der Waals surface area (Å²) in [6, 6.07) is 1.34. The predicted octanol–water partition coefficient (Wildman–Crippen LogP) is 2.31. The first kappa shape index (κ1) is 27.7. The third-order valence-electron chi connectivity index (χ3n) is 8.77. The first-order valence-electron chi connectivity index (χ1n) is 13.6. The largest absolute Gasteiger partial charge is 0.350 e. The fraction of sp³-hybridized carbons (Fsp3) is 0.615. The summed E-state index contributed by atoms with van der Waals surface area (Å²) in [7, 11) is -3.44. The van der Waals surface area contributed by atoms with E-state index in [4.69, 9.17) is 4.98 Å². The Morgan fingerprint density at radius 2 is 1.83 bits per heavy atom. The normalized spacial score (nSPS) is 26.9. The zero-order valence-corrected chi connectivity index (χ0v) is 24.4. The van der Waals surface area contributed by atoms with Gasteiger partial charge >= 0.3 is 0 Å². The summed E-state index contributed by atoms with van der Waals surface area (Å²) in [5.74, 6) is 1.68. The molecule has 3 atom stereocenters. The van der Waals surface area contributed by atoms with E-state index in [2.05, 4.69) is 39.0 Å². The average Bonchev–Trinajstić information content (AvgIpc) is 3.44. The number of nitrogens with zero attached hydrogens (tertiary/aromatic N) is 9. The molecular formula is C26H33F2N9O3S. The van der Waals surface area contributed by atoms with Crippen molar-refractivity contribution in [3.63, 3.8) is 0 Å². The average molecular weight is 590 g/mol. The number of carbonyl (C=O) groups excluding carboxylic acids is 1. The maximum Gasteiger partial charge on any atom is 0.258 e. The van der Waals surface area contributed by atoms with Crippen LogP contribution in [0.1, 0.15) is 46.6 Å². The van der Waals surface area contributed by atoms with Gasteiger partial charge in [-0.1, -0.05) is 19.1 Å². The summed E-state index contributed by atoms with van der Waals surface area (Å²) in [4.78, 5) is 33.1. The van der Waals surface area contributed by atoms with Crippen molar-refractivity contribution in [3.05, 3.63) is 24.2 Å². The number of halogens is 2. The molecule has 0 spiro atoms. The smallest absolute Gasteiger partial charge is 0.258 e. The Hall–Kier alpha value is -3.49. The van der Waals surface area contributed by atoms with Crippen molar-refractivity contribution < 1.29 is 22.0 Å². The van der Waals surface area contributed by atoms with Crippen LogP contribution in [0.3, 0.4) is 0 Å². The van der Waals surface area contributed by atoms with E-state index in [1.54, 1.807) is 11.0 Å². The number of anilines is 3. The highest BCUT2D eigenvalue weighted by Crippen LogP contribution is 2.47. The van der Waals surface area contributed by atoms with Gasteiger partial charge in [-0.05, 0) is 27.2 Å². The van der Waals surface area contributed by atoms with Crippen LogP contribution in [0.4, 0.5) is 26.2 Å². The fourth-order valence-electron chi connectivity index (χ4n) is 6.23. The van der Waals surface area contributed by atoms with Gasteiger partial charge in [-0.3, -0.25) is 4.79 Å². The van der Waals surface area contributed by atoms with Gasteiger partial charge < -0.3 is 14.7 Å². The van der Waals surface area contributed by atoms with Gasteiger partial charge in [0.15, 0.2) is 9.84 Å². The molecule has 2 saturated heterocycles. The van der Waals surface area contributed by atoms with Gasteiger partial charge in [0, 0.05) is 48.8 Å². The molecule has 41 heavy (non-hydrogen) atoms. The van der Waals surface area contributed by atoms with Crippen LogP contribution in [-0.4, -0.2) is 97.8 Å². The number of pyridine rings is 1. The summed E-state index contributed by atoms with van der Waals surface area (Å²) < 4.78 is 50.9. The van der Waals surface area contributed by atoms with Gasteiger partial charge in [0.2, 0.25) is 5.91 Å². The van der Waals surface area contributed by atoms with Crippen LogP contribution in [-0.2, 0) is 26.6 Å². The maximum absolute atomic E-state index is 13.4. The van der Waals surface area contributed by atoms with E-state index >= 15 is 0 Å². The molecule has 12 nitrogen and oxygen atoms in total. The SMILES string of the molecule is C[C@@H]1CN(c2ncnc3c2C(C)(C)CN3c2cc3c(cn2)nnn3CC(F)F)[C@@H](C)CN1C(=O)[C@@]1(C)CCS1(=O)=O. The van der Waals surface area contributed by atoms with Gasteiger partial charge in [0.25, 0.3) is 6.43 Å². The highest BCUT2D eigenvalue weighted by atomic mass is 32.2. The molecule has 0 aliphatic carbocycles. The van der Waals surface area contributed by atoms with E-state index in [1.807, 2.05) is 18.7 Å². The zero-order chi connectivity index (χ0) is 29.5. The number of hydrogen-bond donors (Lipinski definition) is 0. The minimum absolute atomic E-state index is 0.0463. The van der Waals surface area contributed by atoms with Crippen LogP contribution in [0.2, 0.25) is 0 Å². The molecule has 6 rings (SSSR count). The molecule has 0 aromatic carbocycles. The van der Waals surface area contributed by atoms with Crippen molar-refractivity contribution in [2.24, 2.45) is 0 Å². The molecule has 3 aromatic heterocycles. The third-order valence-corrected chi connectivity index (χ3v) is 11.3. The van der Waals surface area contributed by atoms with Crippen LogP contribution in [0, 0.1) is 0 Å². The van der Waals surface area contributed by atoms with Crippen LogP contribution in [0.25, 0.3) is 11.0 Å². The Labute approximate surface area is 236 Å². The molecule has 0 bridgehead atoms. The number of sulfone groups is 1. The number of carbonyl (C=O) groups is 1. The molecule has 0 N–H and O–H groups in total. The van der Waals surface area contributed by atoms with Crippen molar-refractivity contribution in [2.45, 2.75) is 76.3 Å². The van der Waals surface area contributed by atoms with Gasteiger partial charge in [-0.25, -0.2) is 36.8 Å². The first-order chi connectivity index (χ1) is 19.2. The number of piperazine rings is 1. The number of fused-ring (bicyclic) bond motifs is 2. The number of rotatable bonds is 5. The molecule has 3 aliphatic rings. The van der Waals surface area contributed by atoms with Crippen molar-refractivity contribution >= 4 is 44.2 Å². The van der Waals surface area contributed by atoms with Gasteiger partial charge in [-0.2, -0.15) is 0 Å². The minimum Gasteiger partial charge on any atom is -0.350 e. The van der Waals surface area contributed by atoms with Crippen LogP contribution >= 0.6 is 0 Å². The van der Waals surface area contributed by atoms with E-state index in [1.165, 1.54) is 24.1 Å². The van der Waals surface area contributed by atoms with E-state index in [9.17, 15) is 22.0 Å². The number of amides is 1. The lowest BCUT2D eigenvalue weighted by atomic mass is 9.87. The van der Waals surface area contributed by atoms with Crippen molar-refractivity contribution in [2.75, 3.05) is 35.2 Å². The fourth-order valence-corrected chi connectivity index (χ4v) is 7.76. The lowest BCUT2D eigenvalue weighted by Crippen LogP contribution is -2.66. The highest BCUT2D eigenvalue weighted by Gasteiger charge is 2.57. The number of alkyl halides is 2. The predicted molar refractivity (Wildman–Crippen MR) is 148 cm³/mol. The van der Waals surface area contributed by atoms with Crippen LogP contribution < -0.4 is 9.80 Å². The maximum atomic E-state index is 13.4. The van der Waals surface area contributed by atoms with E-state index in [-0.39, 0.29) is 23.7 Å². The molecule has 3 aliphatic heterocycles. The second kappa shape index (κ2) is 9.26. The zero-order valence-electron chi connectivity index (χ0n) is 23.6. The monoisotopic (exact) mass is 589 g/mol. The van der Waals surface area contributed by atoms with Gasteiger partial charge in [0.05, 0.1) is 17.5 Å². The van der Waals surface area contributed by atoms with E-state index in [0.29, 0.717) is 48.7 Å². The Morgan fingerprint density at radius 1 is 1.10 bits per heavy atom. The number of aromatic nitrogens is 6. The first-order valence-corrected chi connectivity index (χ1v) is 15.3.